The molecule has 2 atom stereocenters. The predicted molar refractivity (Wildman–Crippen MR) is 72.9 cm³/mol. The van der Waals surface area contributed by atoms with Gasteiger partial charge in [-0.25, -0.2) is 0 Å². The summed E-state index contributed by atoms with van der Waals surface area (Å²) in [6, 6.07) is 6.05. The van der Waals surface area contributed by atoms with Crippen LogP contribution in [0.4, 0.5) is 0 Å². The molecule has 1 aromatic heterocycles. The Morgan fingerprint density at radius 1 is 1.12 bits per heavy atom. The quantitative estimate of drug-likeness (QED) is 0.813. The van der Waals surface area contributed by atoms with Crippen LogP contribution >= 0.6 is 11.8 Å². The maximum Gasteiger partial charge on any atom is 0.0453 e. The second kappa shape index (κ2) is 5.40. The van der Waals surface area contributed by atoms with Crippen molar-refractivity contribution < 1.29 is 0 Å². The fourth-order valence-corrected chi connectivity index (χ4v) is 4.33. The minimum atomic E-state index is 0.902. The average Bonchev–Trinajstić information content (AvgIpc) is 2.61. The molecule has 2 aliphatic rings. The van der Waals surface area contributed by atoms with Crippen LogP contribution < -0.4 is 0 Å². The van der Waals surface area contributed by atoms with Crippen LogP contribution in [0.2, 0.25) is 0 Å². The molecule has 2 nitrogen and oxygen atoms in total. The van der Waals surface area contributed by atoms with Crippen molar-refractivity contribution in [1.29, 1.82) is 0 Å². The van der Waals surface area contributed by atoms with Crippen molar-refractivity contribution in [2.75, 3.05) is 5.88 Å². The summed E-state index contributed by atoms with van der Waals surface area (Å²) in [5.41, 5.74) is 1.40. The van der Waals surface area contributed by atoms with Crippen molar-refractivity contribution in [2.45, 2.75) is 49.9 Å². The van der Waals surface area contributed by atoms with Gasteiger partial charge in [-0.2, -0.15) is 0 Å². The van der Waals surface area contributed by atoms with Gasteiger partial charge in [-0.1, -0.05) is 6.42 Å². The molecule has 2 aliphatic heterocycles. The van der Waals surface area contributed by atoms with Crippen molar-refractivity contribution in [2.24, 2.45) is 0 Å². The van der Waals surface area contributed by atoms with Gasteiger partial charge in [0.25, 0.3) is 0 Å². The summed E-state index contributed by atoms with van der Waals surface area (Å²) in [7, 11) is 0. The highest BCUT2D eigenvalue weighted by molar-refractivity contribution is 7.98. The third kappa shape index (κ3) is 2.66. The molecule has 2 saturated heterocycles. The summed E-state index contributed by atoms with van der Waals surface area (Å²) in [4.78, 5) is 6.82. The number of fused-ring (bicyclic) bond motifs is 2. The minimum absolute atomic E-state index is 0.902. The van der Waals surface area contributed by atoms with Crippen molar-refractivity contribution in [3.05, 3.63) is 30.1 Å². The molecule has 0 aliphatic carbocycles. The van der Waals surface area contributed by atoms with Crippen LogP contribution in [-0.2, 0) is 5.75 Å². The summed E-state index contributed by atoms with van der Waals surface area (Å²) in [6.07, 6.45) is 11.0. The van der Waals surface area contributed by atoms with Crippen molar-refractivity contribution in [1.82, 2.24) is 9.88 Å². The number of thioether (sulfide) groups is 1. The monoisotopic (exact) mass is 248 g/mol. The van der Waals surface area contributed by atoms with Crippen LogP contribution in [-0.4, -0.2) is 27.8 Å². The highest BCUT2D eigenvalue weighted by Gasteiger charge is 2.35. The molecule has 0 spiro atoms. The van der Waals surface area contributed by atoms with E-state index in [-0.39, 0.29) is 0 Å². The molecule has 3 rings (SSSR count). The Bertz CT molecular complexity index is 338. The van der Waals surface area contributed by atoms with E-state index in [1.54, 1.807) is 0 Å². The van der Waals surface area contributed by atoms with Crippen LogP contribution in [0, 0.1) is 0 Å². The Hall–Kier alpha value is -0.540. The first-order valence-electron chi connectivity index (χ1n) is 6.66. The molecule has 2 fully saturated rings. The second-order valence-electron chi connectivity index (χ2n) is 5.16. The highest BCUT2D eigenvalue weighted by Crippen LogP contribution is 2.36. The highest BCUT2D eigenvalue weighted by atomic mass is 32.2. The van der Waals surface area contributed by atoms with Gasteiger partial charge in [-0.3, -0.25) is 9.88 Å². The number of piperidine rings is 1. The minimum Gasteiger partial charge on any atom is -0.288 e. The van der Waals surface area contributed by atoms with Crippen molar-refractivity contribution in [3.8, 4) is 0 Å². The van der Waals surface area contributed by atoms with E-state index in [2.05, 4.69) is 33.8 Å². The first kappa shape index (κ1) is 11.5. The molecule has 2 bridgehead atoms. The van der Waals surface area contributed by atoms with E-state index in [1.807, 2.05) is 12.4 Å². The van der Waals surface area contributed by atoms with E-state index in [1.165, 1.54) is 43.5 Å². The summed E-state index contributed by atoms with van der Waals surface area (Å²) < 4.78 is 0. The Kier molecular flexibility index (Phi) is 3.67. The molecule has 92 valence electrons. The van der Waals surface area contributed by atoms with Crippen LogP contribution in [0.3, 0.4) is 0 Å². The van der Waals surface area contributed by atoms with Gasteiger partial charge in [0.05, 0.1) is 0 Å². The summed E-state index contributed by atoms with van der Waals surface area (Å²) in [5.74, 6) is 2.34. The fourth-order valence-electron chi connectivity index (χ4n) is 3.18. The van der Waals surface area contributed by atoms with Gasteiger partial charge < -0.3 is 0 Å². The smallest absolute Gasteiger partial charge is 0.0453 e. The molecule has 3 heteroatoms. The molecular formula is C14H20N2S. The first-order chi connectivity index (χ1) is 8.43. The first-order valence-corrected chi connectivity index (χ1v) is 7.81. The third-order valence-corrected chi connectivity index (χ3v) is 5.12. The summed E-state index contributed by atoms with van der Waals surface area (Å²) >= 11 is 2.06. The van der Waals surface area contributed by atoms with Crippen LogP contribution in [0.1, 0.15) is 37.7 Å². The van der Waals surface area contributed by atoms with Gasteiger partial charge in [-0.15, -0.1) is 11.8 Å². The number of aromatic nitrogens is 1. The van der Waals surface area contributed by atoms with Crippen LogP contribution in [0.15, 0.2) is 24.5 Å². The van der Waals surface area contributed by atoms with Crippen LogP contribution in [0.25, 0.3) is 0 Å². The van der Waals surface area contributed by atoms with Gasteiger partial charge in [0, 0.05) is 36.1 Å². The van der Waals surface area contributed by atoms with Gasteiger partial charge in [0.1, 0.15) is 0 Å². The SMILES string of the molecule is c1cc(CSCN2C3CCCC2CC3)ccn1. The number of hydrogen-bond acceptors (Lipinski definition) is 3. The van der Waals surface area contributed by atoms with Gasteiger partial charge in [-0.05, 0) is 43.4 Å². The second-order valence-corrected chi connectivity index (χ2v) is 6.12. The van der Waals surface area contributed by atoms with Crippen LogP contribution in [0.5, 0.6) is 0 Å². The van der Waals surface area contributed by atoms with Crippen molar-refractivity contribution in [3.63, 3.8) is 0 Å². The lowest BCUT2D eigenvalue weighted by Crippen LogP contribution is -2.39. The lowest BCUT2D eigenvalue weighted by molar-refractivity contribution is 0.170. The third-order valence-electron chi connectivity index (χ3n) is 4.10. The summed E-state index contributed by atoms with van der Waals surface area (Å²) in [5, 5.41) is 0. The molecule has 0 N–H and O–H groups in total. The maximum atomic E-state index is 4.06. The number of nitrogens with zero attached hydrogens (tertiary/aromatic N) is 2. The lowest BCUT2D eigenvalue weighted by atomic mass is 10.0. The summed E-state index contributed by atoms with van der Waals surface area (Å²) in [6.45, 7) is 0. The van der Waals surface area contributed by atoms with Gasteiger partial charge >= 0.3 is 0 Å². The molecule has 0 saturated carbocycles. The molecule has 2 unspecified atom stereocenters. The van der Waals surface area contributed by atoms with Gasteiger partial charge in [0.2, 0.25) is 0 Å². The van der Waals surface area contributed by atoms with E-state index < -0.39 is 0 Å². The molecule has 17 heavy (non-hydrogen) atoms. The zero-order valence-electron chi connectivity index (χ0n) is 10.2. The zero-order valence-corrected chi connectivity index (χ0v) is 11.0. The lowest BCUT2D eigenvalue weighted by Gasteiger charge is -2.34. The van der Waals surface area contributed by atoms with E-state index >= 15 is 0 Å². The number of pyridine rings is 1. The number of rotatable bonds is 4. The normalized spacial score (nSPS) is 28.5. The Balaban J connectivity index is 1.49. The Labute approximate surface area is 108 Å². The van der Waals surface area contributed by atoms with E-state index in [0.717, 1.165) is 17.8 Å². The predicted octanol–water partition coefficient (Wildman–Crippen LogP) is 3.29. The largest absolute Gasteiger partial charge is 0.288 e. The molecular weight excluding hydrogens is 228 g/mol. The molecule has 1 aromatic rings. The van der Waals surface area contributed by atoms with E-state index in [9.17, 15) is 0 Å². The molecule has 0 radical (unpaired) electrons. The molecule has 0 amide bonds. The number of hydrogen-bond donors (Lipinski definition) is 0. The van der Waals surface area contributed by atoms with Gasteiger partial charge in [0.15, 0.2) is 0 Å². The Morgan fingerprint density at radius 2 is 1.82 bits per heavy atom. The van der Waals surface area contributed by atoms with E-state index in [4.69, 9.17) is 0 Å². The molecule has 0 aromatic carbocycles. The molecule has 3 heterocycles. The fraction of sp³-hybridized carbons (Fsp3) is 0.643. The Morgan fingerprint density at radius 3 is 2.53 bits per heavy atom. The zero-order chi connectivity index (χ0) is 11.5. The maximum absolute atomic E-state index is 4.06. The topological polar surface area (TPSA) is 16.1 Å². The average molecular weight is 248 g/mol. The van der Waals surface area contributed by atoms with Crippen molar-refractivity contribution >= 4 is 11.8 Å². The standard InChI is InChI=1S/C14H20N2S/c1-2-13-4-5-14(3-1)16(13)11-17-10-12-6-8-15-9-7-12/h6-9,13-14H,1-5,10-11H2. The van der Waals surface area contributed by atoms with E-state index in [0.29, 0.717) is 0 Å².